The molecule has 24 heavy (non-hydrogen) atoms. The molecule has 1 aliphatic heterocycles. The maximum absolute atomic E-state index is 12.7. The van der Waals surface area contributed by atoms with Gasteiger partial charge in [0.1, 0.15) is 0 Å². The number of sulfone groups is 1. The minimum absolute atomic E-state index is 0.158. The summed E-state index contributed by atoms with van der Waals surface area (Å²) in [5.41, 5.74) is 1.89. The van der Waals surface area contributed by atoms with Crippen molar-refractivity contribution in [3.05, 3.63) is 36.2 Å². The summed E-state index contributed by atoms with van der Waals surface area (Å²) in [5.74, 6) is -0.158. The van der Waals surface area contributed by atoms with Crippen LogP contribution in [0.1, 0.15) is 37.6 Å². The standard InChI is InChI=1S/C17H21N3O3S/c1-17(2,3)24(22,23)13-6-9-20(11-13)16(21)12-4-5-14-15(10-12)19-8-7-18-14/h4-5,7-8,10,13H,6,9,11H2,1-3H3. The molecule has 2 aromatic rings. The zero-order valence-electron chi connectivity index (χ0n) is 14.1. The van der Waals surface area contributed by atoms with E-state index in [2.05, 4.69) is 9.97 Å². The first-order valence-corrected chi connectivity index (χ1v) is 9.48. The van der Waals surface area contributed by atoms with Crippen LogP contribution in [0.4, 0.5) is 0 Å². The first kappa shape index (κ1) is 16.8. The van der Waals surface area contributed by atoms with Gasteiger partial charge in [-0.05, 0) is 45.4 Å². The number of amides is 1. The first-order chi connectivity index (χ1) is 11.2. The number of nitrogens with zero attached hydrogens (tertiary/aromatic N) is 3. The predicted octanol–water partition coefficient (Wildman–Crippen LogP) is 2.06. The highest BCUT2D eigenvalue weighted by molar-refractivity contribution is 7.93. The van der Waals surface area contributed by atoms with E-state index in [1.54, 1.807) is 56.3 Å². The third kappa shape index (κ3) is 2.88. The van der Waals surface area contributed by atoms with Gasteiger partial charge in [0.15, 0.2) is 9.84 Å². The molecular weight excluding hydrogens is 326 g/mol. The second-order valence-electron chi connectivity index (χ2n) is 7.08. The van der Waals surface area contributed by atoms with E-state index in [0.717, 1.165) is 5.52 Å². The normalized spacial score (nSPS) is 19.0. The summed E-state index contributed by atoms with van der Waals surface area (Å²) in [6, 6.07) is 5.18. The van der Waals surface area contributed by atoms with Gasteiger partial charge in [-0.15, -0.1) is 0 Å². The Morgan fingerprint density at radius 2 is 1.83 bits per heavy atom. The molecule has 128 valence electrons. The average molecular weight is 347 g/mol. The Labute approximate surface area is 141 Å². The van der Waals surface area contributed by atoms with Gasteiger partial charge in [-0.2, -0.15) is 0 Å². The Morgan fingerprint density at radius 3 is 2.50 bits per heavy atom. The van der Waals surface area contributed by atoms with Gasteiger partial charge >= 0.3 is 0 Å². The van der Waals surface area contributed by atoms with Crippen LogP contribution in [-0.2, 0) is 9.84 Å². The highest BCUT2D eigenvalue weighted by Gasteiger charge is 2.41. The van der Waals surface area contributed by atoms with Crippen molar-refractivity contribution in [2.75, 3.05) is 13.1 Å². The van der Waals surface area contributed by atoms with Crippen LogP contribution in [0.5, 0.6) is 0 Å². The molecule has 1 aliphatic rings. The van der Waals surface area contributed by atoms with Crippen molar-refractivity contribution in [2.24, 2.45) is 0 Å². The smallest absolute Gasteiger partial charge is 0.253 e. The minimum Gasteiger partial charge on any atom is -0.337 e. The summed E-state index contributed by atoms with van der Waals surface area (Å²) in [7, 11) is -3.28. The zero-order chi connectivity index (χ0) is 17.5. The molecular formula is C17H21N3O3S. The molecule has 1 aromatic heterocycles. The molecule has 0 radical (unpaired) electrons. The van der Waals surface area contributed by atoms with Crippen LogP contribution in [0.15, 0.2) is 30.6 Å². The van der Waals surface area contributed by atoms with Crippen molar-refractivity contribution in [3.63, 3.8) is 0 Å². The van der Waals surface area contributed by atoms with Crippen LogP contribution in [0, 0.1) is 0 Å². The van der Waals surface area contributed by atoms with Crippen molar-refractivity contribution in [1.82, 2.24) is 14.9 Å². The van der Waals surface area contributed by atoms with Crippen molar-refractivity contribution >= 4 is 26.8 Å². The van der Waals surface area contributed by atoms with Gasteiger partial charge in [0.05, 0.1) is 21.0 Å². The van der Waals surface area contributed by atoms with E-state index in [9.17, 15) is 13.2 Å². The maximum atomic E-state index is 12.7. The Hall–Kier alpha value is -2.02. The van der Waals surface area contributed by atoms with Crippen LogP contribution < -0.4 is 0 Å². The van der Waals surface area contributed by atoms with Gasteiger partial charge in [-0.3, -0.25) is 14.8 Å². The fraction of sp³-hybridized carbons (Fsp3) is 0.471. The van der Waals surface area contributed by atoms with Crippen LogP contribution >= 0.6 is 0 Å². The largest absolute Gasteiger partial charge is 0.337 e. The van der Waals surface area contributed by atoms with E-state index in [1.165, 1.54) is 0 Å². The van der Waals surface area contributed by atoms with E-state index < -0.39 is 19.8 Å². The van der Waals surface area contributed by atoms with Gasteiger partial charge in [0.25, 0.3) is 5.91 Å². The fourth-order valence-corrected chi connectivity index (χ4v) is 4.74. The van der Waals surface area contributed by atoms with Gasteiger partial charge in [-0.25, -0.2) is 8.42 Å². The number of aromatic nitrogens is 2. The molecule has 2 heterocycles. The average Bonchev–Trinajstić information content (AvgIpc) is 3.03. The number of carbonyl (C=O) groups is 1. The fourth-order valence-electron chi connectivity index (χ4n) is 2.94. The molecule has 1 atom stereocenters. The van der Waals surface area contributed by atoms with Crippen molar-refractivity contribution < 1.29 is 13.2 Å². The molecule has 0 saturated carbocycles. The monoisotopic (exact) mass is 347 g/mol. The summed E-state index contributed by atoms with van der Waals surface area (Å²) in [5, 5.41) is -0.498. The number of hydrogen-bond donors (Lipinski definition) is 0. The highest BCUT2D eigenvalue weighted by atomic mass is 32.2. The van der Waals surface area contributed by atoms with E-state index in [4.69, 9.17) is 0 Å². The van der Waals surface area contributed by atoms with Crippen molar-refractivity contribution in [2.45, 2.75) is 37.2 Å². The number of hydrogen-bond acceptors (Lipinski definition) is 5. The summed E-state index contributed by atoms with van der Waals surface area (Å²) in [6.07, 6.45) is 3.67. The summed E-state index contributed by atoms with van der Waals surface area (Å²) in [4.78, 5) is 22.7. The van der Waals surface area contributed by atoms with E-state index in [1.807, 2.05) is 0 Å². The van der Waals surface area contributed by atoms with E-state index in [-0.39, 0.29) is 12.5 Å². The lowest BCUT2D eigenvalue weighted by molar-refractivity contribution is 0.0793. The lowest BCUT2D eigenvalue weighted by Crippen LogP contribution is -2.39. The molecule has 7 heteroatoms. The number of rotatable bonds is 2. The van der Waals surface area contributed by atoms with Crippen LogP contribution in [0.25, 0.3) is 11.0 Å². The molecule has 3 rings (SSSR count). The quantitative estimate of drug-likeness (QED) is 0.831. The second kappa shape index (κ2) is 5.81. The Kier molecular flexibility index (Phi) is 4.07. The number of benzene rings is 1. The van der Waals surface area contributed by atoms with Crippen LogP contribution in [0.3, 0.4) is 0 Å². The molecule has 0 N–H and O–H groups in total. The van der Waals surface area contributed by atoms with Crippen LogP contribution in [-0.4, -0.2) is 52.3 Å². The number of likely N-dealkylation sites (tertiary alicyclic amines) is 1. The van der Waals surface area contributed by atoms with E-state index in [0.29, 0.717) is 24.0 Å². The number of carbonyl (C=O) groups excluding carboxylic acids is 1. The van der Waals surface area contributed by atoms with Gasteiger partial charge in [0.2, 0.25) is 0 Å². The zero-order valence-corrected chi connectivity index (χ0v) is 14.9. The SMILES string of the molecule is CC(C)(C)S(=O)(=O)C1CCN(C(=O)c2ccc3nccnc3c2)C1. The third-order valence-corrected chi connectivity index (χ3v) is 7.41. The molecule has 0 aliphatic carbocycles. The Balaban J connectivity index is 1.81. The lowest BCUT2D eigenvalue weighted by Gasteiger charge is -2.24. The van der Waals surface area contributed by atoms with E-state index >= 15 is 0 Å². The summed E-state index contributed by atoms with van der Waals surface area (Å²) >= 11 is 0. The molecule has 1 unspecified atom stereocenters. The Bertz CT molecular complexity index is 887. The maximum Gasteiger partial charge on any atom is 0.253 e. The topological polar surface area (TPSA) is 80.2 Å². The minimum atomic E-state index is -3.28. The van der Waals surface area contributed by atoms with Crippen molar-refractivity contribution in [1.29, 1.82) is 0 Å². The molecule has 1 amide bonds. The number of fused-ring (bicyclic) bond motifs is 1. The molecule has 1 fully saturated rings. The highest BCUT2D eigenvalue weighted by Crippen LogP contribution is 2.28. The van der Waals surface area contributed by atoms with Gasteiger partial charge < -0.3 is 4.90 Å². The second-order valence-corrected chi connectivity index (χ2v) is 10.1. The van der Waals surface area contributed by atoms with Gasteiger partial charge in [0, 0.05) is 31.0 Å². The molecule has 6 nitrogen and oxygen atoms in total. The Morgan fingerprint density at radius 1 is 1.17 bits per heavy atom. The predicted molar refractivity (Wildman–Crippen MR) is 92.5 cm³/mol. The van der Waals surface area contributed by atoms with Crippen LogP contribution in [0.2, 0.25) is 0 Å². The molecule has 0 spiro atoms. The van der Waals surface area contributed by atoms with Gasteiger partial charge in [-0.1, -0.05) is 0 Å². The lowest BCUT2D eigenvalue weighted by atomic mass is 10.1. The summed E-state index contributed by atoms with van der Waals surface area (Å²) < 4.78 is 24.3. The summed E-state index contributed by atoms with van der Waals surface area (Å²) in [6.45, 7) is 5.81. The third-order valence-electron chi connectivity index (χ3n) is 4.44. The van der Waals surface area contributed by atoms with Crippen molar-refractivity contribution in [3.8, 4) is 0 Å². The molecule has 0 bridgehead atoms. The molecule has 1 saturated heterocycles. The molecule has 1 aromatic carbocycles. The first-order valence-electron chi connectivity index (χ1n) is 7.93.